The Morgan fingerprint density at radius 3 is 2.37 bits per heavy atom. The molecule has 0 radical (unpaired) electrons. The summed E-state index contributed by atoms with van der Waals surface area (Å²) in [6.45, 7) is 15.4. The number of hydrogen-bond acceptors (Lipinski definition) is 3. The Kier molecular flexibility index (Phi) is 6.29. The maximum absolute atomic E-state index is 4.48. The first-order valence-corrected chi connectivity index (χ1v) is 7.40. The molecule has 0 spiro atoms. The lowest BCUT2D eigenvalue weighted by Crippen LogP contribution is -2.29. The molecule has 3 nitrogen and oxygen atoms in total. The molecule has 0 amide bonds. The zero-order valence-electron chi connectivity index (χ0n) is 13.2. The molecule has 1 aromatic rings. The van der Waals surface area contributed by atoms with Crippen molar-refractivity contribution in [3.63, 3.8) is 0 Å². The molecule has 0 atom stereocenters. The van der Waals surface area contributed by atoms with Gasteiger partial charge in [-0.05, 0) is 36.6 Å². The van der Waals surface area contributed by atoms with E-state index in [1.807, 2.05) is 6.20 Å². The molecule has 0 aliphatic heterocycles. The third-order valence-corrected chi connectivity index (χ3v) is 3.35. The molecule has 3 heteroatoms. The standard InChI is InChI=1S/C16H29N3/c1-6-11-19(7-2)12-10-17-15-9-8-14(13-18-15)16(3,4)5/h8-9,13H,6-7,10-12H2,1-5H3,(H,17,18). The van der Waals surface area contributed by atoms with Crippen molar-refractivity contribution < 1.29 is 0 Å². The third kappa shape index (κ3) is 5.60. The number of pyridine rings is 1. The lowest BCUT2D eigenvalue weighted by molar-refractivity contribution is 0.300. The second-order valence-electron chi connectivity index (χ2n) is 6.04. The van der Waals surface area contributed by atoms with Crippen molar-refractivity contribution in [1.82, 2.24) is 9.88 Å². The molecule has 0 bridgehead atoms. The highest BCUT2D eigenvalue weighted by Crippen LogP contribution is 2.21. The van der Waals surface area contributed by atoms with Gasteiger partial charge in [-0.2, -0.15) is 0 Å². The van der Waals surface area contributed by atoms with Crippen LogP contribution in [0.2, 0.25) is 0 Å². The topological polar surface area (TPSA) is 28.2 Å². The van der Waals surface area contributed by atoms with E-state index in [0.717, 1.165) is 25.5 Å². The van der Waals surface area contributed by atoms with E-state index in [2.05, 4.69) is 62.0 Å². The minimum atomic E-state index is 0.172. The van der Waals surface area contributed by atoms with Gasteiger partial charge in [0.15, 0.2) is 0 Å². The predicted octanol–water partition coefficient (Wildman–Crippen LogP) is 3.52. The molecule has 1 heterocycles. The number of rotatable bonds is 7. The van der Waals surface area contributed by atoms with E-state index in [1.165, 1.54) is 18.5 Å². The van der Waals surface area contributed by atoms with E-state index in [1.54, 1.807) is 0 Å². The zero-order chi connectivity index (χ0) is 14.3. The molecule has 0 aliphatic carbocycles. The summed E-state index contributed by atoms with van der Waals surface area (Å²) in [7, 11) is 0. The summed E-state index contributed by atoms with van der Waals surface area (Å²) in [5.74, 6) is 0.973. The maximum Gasteiger partial charge on any atom is 0.125 e. The summed E-state index contributed by atoms with van der Waals surface area (Å²) in [6, 6.07) is 4.25. The molecule has 19 heavy (non-hydrogen) atoms. The minimum absolute atomic E-state index is 0.172. The van der Waals surface area contributed by atoms with Crippen molar-refractivity contribution >= 4 is 5.82 Å². The van der Waals surface area contributed by atoms with Crippen molar-refractivity contribution in [2.75, 3.05) is 31.5 Å². The average Bonchev–Trinajstić information content (AvgIpc) is 2.37. The molecule has 0 fully saturated rings. The van der Waals surface area contributed by atoms with Crippen molar-refractivity contribution in [1.29, 1.82) is 0 Å². The Bertz CT molecular complexity index is 351. The average molecular weight is 263 g/mol. The fraction of sp³-hybridized carbons (Fsp3) is 0.688. The lowest BCUT2D eigenvalue weighted by atomic mass is 9.88. The van der Waals surface area contributed by atoms with Crippen LogP contribution in [0.3, 0.4) is 0 Å². The summed E-state index contributed by atoms with van der Waals surface area (Å²) >= 11 is 0. The zero-order valence-corrected chi connectivity index (χ0v) is 13.2. The Balaban J connectivity index is 2.42. The first kappa shape index (κ1) is 16.0. The summed E-state index contributed by atoms with van der Waals surface area (Å²) in [4.78, 5) is 6.94. The Labute approximate surface area is 118 Å². The number of nitrogens with one attached hydrogen (secondary N) is 1. The van der Waals surface area contributed by atoms with Crippen LogP contribution < -0.4 is 5.32 Å². The van der Waals surface area contributed by atoms with E-state index in [-0.39, 0.29) is 5.41 Å². The smallest absolute Gasteiger partial charge is 0.125 e. The van der Waals surface area contributed by atoms with Crippen molar-refractivity contribution in [2.24, 2.45) is 0 Å². The van der Waals surface area contributed by atoms with E-state index < -0.39 is 0 Å². The highest BCUT2D eigenvalue weighted by Gasteiger charge is 2.13. The normalized spacial score (nSPS) is 11.9. The molecule has 0 aliphatic rings. The molecule has 1 N–H and O–H groups in total. The maximum atomic E-state index is 4.48. The van der Waals surface area contributed by atoms with Gasteiger partial charge < -0.3 is 10.2 Å². The fourth-order valence-corrected chi connectivity index (χ4v) is 2.03. The van der Waals surface area contributed by atoms with Gasteiger partial charge >= 0.3 is 0 Å². The minimum Gasteiger partial charge on any atom is -0.369 e. The van der Waals surface area contributed by atoms with Crippen LogP contribution in [0, 0.1) is 0 Å². The molecule has 1 aromatic heterocycles. The van der Waals surface area contributed by atoms with Crippen LogP contribution in [-0.2, 0) is 5.41 Å². The second-order valence-corrected chi connectivity index (χ2v) is 6.04. The molecule has 0 aromatic carbocycles. The first-order chi connectivity index (χ1) is 8.97. The van der Waals surface area contributed by atoms with Crippen LogP contribution in [0.4, 0.5) is 5.82 Å². The van der Waals surface area contributed by atoms with Crippen molar-refractivity contribution in [2.45, 2.75) is 46.5 Å². The lowest BCUT2D eigenvalue weighted by Gasteiger charge is -2.20. The van der Waals surface area contributed by atoms with E-state index in [4.69, 9.17) is 0 Å². The number of aromatic nitrogens is 1. The summed E-state index contributed by atoms with van der Waals surface area (Å²) < 4.78 is 0. The van der Waals surface area contributed by atoms with Crippen LogP contribution in [0.15, 0.2) is 18.3 Å². The van der Waals surface area contributed by atoms with E-state index in [9.17, 15) is 0 Å². The molecule has 108 valence electrons. The molecule has 0 saturated carbocycles. The summed E-state index contributed by atoms with van der Waals surface area (Å²) in [5.41, 5.74) is 1.45. The van der Waals surface area contributed by atoms with Crippen LogP contribution in [0.1, 0.15) is 46.6 Å². The first-order valence-electron chi connectivity index (χ1n) is 7.40. The van der Waals surface area contributed by atoms with Crippen LogP contribution in [-0.4, -0.2) is 36.1 Å². The van der Waals surface area contributed by atoms with Crippen LogP contribution in [0.25, 0.3) is 0 Å². The van der Waals surface area contributed by atoms with E-state index >= 15 is 0 Å². The van der Waals surface area contributed by atoms with Gasteiger partial charge in [-0.25, -0.2) is 4.98 Å². The SMILES string of the molecule is CCCN(CC)CCNc1ccc(C(C)(C)C)cn1. The number of likely N-dealkylation sites (N-methyl/N-ethyl adjacent to an activating group) is 1. The fourth-order valence-electron chi connectivity index (χ4n) is 2.03. The number of hydrogen-bond donors (Lipinski definition) is 1. The van der Waals surface area contributed by atoms with Gasteiger partial charge in [0.25, 0.3) is 0 Å². The van der Waals surface area contributed by atoms with Gasteiger partial charge in [0.2, 0.25) is 0 Å². The van der Waals surface area contributed by atoms with Crippen LogP contribution in [0.5, 0.6) is 0 Å². The molecule has 1 rings (SSSR count). The van der Waals surface area contributed by atoms with Gasteiger partial charge in [-0.1, -0.05) is 40.7 Å². The highest BCUT2D eigenvalue weighted by molar-refractivity contribution is 5.37. The van der Waals surface area contributed by atoms with Gasteiger partial charge in [-0.15, -0.1) is 0 Å². The van der Waals surface area contributed by atoms with E-state index in [0.29, 0.717) is 0 Å². The van der Waals surface area contributed by atoms with Gasteiger partial charge in [0.1, 0.15) is 5.82 Å². The molecular weight excluding hydrogens is 234 g/mol. The number of anilines is 1. The Hall–Kier alpha value is -1.09. The predicted molar refractivity (Wildman–Crippen MR) is 83.8 cm³/mol. The van der Waals surface area contributed by atoms with Gasteiger partial charge in [-0.3, -0.25) is 0 Å². The molecular formula is C16H29N3. The molecule has 0 unspecified atom stereocenters. The Morgan fingerprint density at radius 2 is 1.89 bits per heavy atom. The summed E-state index contributed by atoms with van der Waals surface area (Å²) in [5, 5.41) is 3.39. The highest BCUT2D eigenvalue weighted by atomic mass is 15.1. The van der Waals surface area contributed by atoms with Gasteiger partial charge in [0.05, 0.1) is 0 Å². The van der Waals surface area contributed by atoms with Gasteiger partial charge in [0, 0.05) is 19.3 Å². The number of nitrogens with zero attached hydrogens (tertiary/aromatic N) is 2. The summed E-state index contributed by atoms with van der Waals surface area (Å²) in [6.07, 6.45) is 3.19. The Morgan fingerprint density at radius 1 is 1.16 bits per heavy atom. The van der Waals surface area contributed by atoms with Crippen molar-refractivity contribution in [3.8, 4) is 0 Å². The quantitative estimate of drug-likeness (QED) is 0.816. The molecule has 0 saturated heterocycles. The van der Waals surface area contributed by atoms with Crippen molar-refractivity contribution in [3.05, 3.63) is 23.9 Å². The largest absolute Gasteiger partial charge is 0.369 e. The monoisotopic (exact) mass is 263 g/mol. The van der Waals surface area contributed by atoms with Crippen LogP contribution >= 0.6 is 0 Å². The second kappa shape index (κ2) is 7.49. The third-order valence-electron chi connectivity index (χ3n) is 3.35.